The first kappa shape index (κ1) is 22.6. The van der Waals surface area contributed by atoms with Gasteiger partial charge in [-0.2, -0.15) is 5.10 Å². The Balaban J connectivity index is 1.87. The molecule has 2 aromatic heterocycles. The average Bonchev–Trinajstić information content (AvgIpc) is 3.33. The molecule has 172 valence electrons. The molecule has 0 unspecified atom stereocenters. The van der Waals surface area contributed by atoms with Crippen molar-refractivity contribution in [1.82, 2.24) is 13.8 Å². The summed E-state index contributed by atoms with van der Waals surface area (Å²) in [5, 5.41) is 14.1. The van der Waals surface area contributed by atoms with Crippen molar-refractivity contribution in [3.05, 3.63) is 72.2 Å². The van der Waals surface area contributed by atoms with Crippen LogP contribution in [-0.4, -0.2) is 39.4 Å². The zero-order valence-corrected chi connectivity index (χ0v) is 19.4. The van der Waals surface area contributed by atoms with Crippen molar-refractivity contribution in [2.75, 3.05) is 0 Å². The van der Waals surface area contributed by atoms with Crippen LogP contribution in [0, 0.1) is 6.92 Å². The number of aliphatic carboxylic acids is 1. The van der Waals surface area contributed by atoms with Gasteiger partial charge in [0, 0.05) is 24.1 Å². The Morgan fingerprint density at radius 2 is 1.88 bits per heavy atom. The first-order valence-corrected chi connectivity index (χ1v) is 12.0. The maximum absolute atomic E-state index is 13.8. The first-order chi connectivity index (χ1) is 15.7. The van der Waals surface area contributed by atoms with Crippen molar-refractivity contribution in [3.63, 3.8) is 0 Å². The highest BCUT2D eigenvalue weighted by Gasteiger charge is 2.26. The van der Waals surface area contributed by atoms with E-state index in [2.05, 4.69) is 5.10 Å². The van der Waals surface area contributed by atoms with Gasteiger partial charge in [0.05, 0.1) is 29.2 Å². The Kier molecular flexibility index (Phi) is 5.99. The number of benzene rings is 2. The number of hydrogen-bond donors (Lipinski definition) is 1. The summed E-state index contributed by atoms with van der Waals surface area (Å²) >= 11 is 0. The van der Waals surface area contributed by atoms with E-state index in [-0.39, 0.29) is 23.8 Å². The van der Waals surface area contributed by atoms with Crippen LogP contribution >= 0.6 is 0 Å². The van der Waals surface area contributed by atoms with Gasteiger partial charge in [-0.25, -0.2) is 17.1 Å². The van der Waals surface area contributed by atoms with Gasteiger partial charge >= 0.3 is 5.97 Å². The van der Waals surface area contributed by atoms with Gasteiger partial charge < -0.3 is 9.84 Å². The largest absolute Gasteiger partial charge is 0.491 e. The van der Waals surface area contributed by atoms with Gasteiger partial charge in [0.2, 0.25) is 0 Å². The number of rotatable bonds is 8. The van der Waals surface area contributed by atoms with Gasteiger partial charge in [0.15, 0.2) is 0 Å². The number of carbonyl (C=O) groups is 1. The van der Waals surface area contributed by atoms with E-state index in [0.717, 1.165) is 5.69 Å². The smallest absolute Gasteiger partial charge is 0.303 e. The number of fused-ring (bicyclic) bond motifs is 1. The van der Waals surface area contributed by atoms with Crippen LogP contribution in [0.2, 0.25) is 0 Å². The minimum atomic E-state index is -4.02. The first-order valence-electron chi connectivity index (χ1n) is 10.6. The third-order valence-electron chi connectivity index (χ3n) is 5.31. The molecule has 0 saturated carbocycles. The molecule has 33 heavy (non-hydrogen) atoms. The lowest BCUT2D eigenvalue weighted by atomic mass is 10.1. The van der Waals surface area contributed by atoms with Crippen molar-refractivity contribution in [2.45, 2.75) is 44.6 Å². The van der Waals surface area contributed by atoms with E-state index in [9.17, 15) is 13.2 Å². The molecule has 0 aliphatic rings. The van der Waals surface area contributed by atoms with Gasteiger partial charge in [0.1, 0.15) is 10.6 Å². The minimum Gasteiger partial charge on any atom is -0.491 e. The van der Waals surface area contributed by atoms with Crippen molar-refractivity contribution < 1.29 is 23.1 Å². The fraction of sp³-hybridized carbons (Fsp3) is 0.250. The summed E-state index contributed by atoms with van der Waals surface area (Å²) in [4.78, 5) is 11.2. The summed E-state index contributed by atoms with van der Waals surface area (Å²) in [6.45, 7) is 5.48. The van der Waals surface area contributed by atoms with Crippen molar-refractivity contribution in [1.29, 1.82) is 0 Å². The average molecular weight is 468 g/mol. The van der Waals surface area contributed by atoms with Gasteiger partial charge in [-0.05, 0) is 57.0 Å². The molecule has 0 amide bonds. The molecular weight excluding hydrogens is 442 g/mol. The fourth-order valence-electron chi connectivity index (χ4n) is 3.81. The topological polar surface area (TPSA) is 103 Å². The van der Waals surface area contributed by atoms with Gasteiger partial charge in [-0.3, -0.25) is 4.79 Å². The van der Waals surface area contributed by atoms with E-state index in [1.54, 1.807) is 29.8 Å². The van der Waals surface area contributed by atoms with Crippen LogP contribution in [0.3, 0.4) is 0 Å². The molecule has 2 aromatic carbocycles. The Hall–Kier alpha value is -3.59. The Morgan fingerprint density at radius 3 is 2.55 bits per heavy atom. The Bertz CT molecular complexity index is 1420. The SMILES string of the molecule is Cc1c(S(=O)(=O)n2cc(CCC(=O)O)c3ccc(OC(C)C)cc32)cnn1-c1ccccc1. The molecule has 1 N–H and O–H groups in total. The molecule has 9 heteroatoms. The molecule has 0 saturated heterocycles. The zero-order valence-electron chi connectivity index (χ0n) is 18.6. The van der Waals surface area contributed by atoms with Gasteiger partial charge in [0.25, 0.3) is 10.0 Å². The molecule has 2 heterocycles. The lowest BCUT2D eigenvalue weighted by Gasteiger charge is -2.11. The highest BCUT2D eigenvalue weighted by Crippen LogP contribution is 2.31. The number of para-hydroxylation sites is 1. The second-order valence-electron chi connectivity index (χ2n) is 8.04. The fourth-order valence-corrected chi connectivity index (χ4v) is 5.34. The molecule has 8 nitrogen and oxygen atoms in total. The summed E-state index contributed by atoms with van der Waals surface area (Å²) in [7, 11) is -4.02. The number of aryl methyl sites for hydroxylation is 1. The van der Waals surface area contributed by atoms with Gasteiger partial charge in [-0.15, -0.1) is 0 Å². The van der Waals surface area contributed by atoms with Crippen LogP contribution in [0.4, 0.5) is 0 Å². The minimum absolute atomic E-state index is 0.0724. The molecular formula is C24H25N3O5S. The number of hydrogen-bond acceptors (Lipinski definition) is 5. The second kappa shape index (κ2) is 8.74. The molecule has 4 aromatic rings. The molecule has 4 rings (SSSR count). The number of nitrogens with zero attached hydrogens (tertiary/aromatic N) is 3. The molecule has 0 fully saturated rings. The van der Waals surface area contributed by atoms with Crippen LogP contribution < -0.4 is 4.74 Å². The number of aromatic nitrogens is 3. The quantitative estimate of drug-likeness (QED) is 0.417. The summed E-state index contributed by atoms with van der Waals surface area (Å²) < 4.78 is 36.1. The van der Waals surface area contributed by atoms with Crippen LogP contribution in [0.5, 0.6) is 5.75 Å². The number of carboxylic acid groups (broad SMARTS) is 1. The highest BCUT2D eigenvalue weighted by atomic mass is 32.2. The maximum Gasteiger partial charge on any atom is 0.303 e. The van der Waals surface area contributed by atoms with E-state index < -0.39 is 16.0 Å². The predicted molar refractivity (Wildman–Crippen MR) is 125 cm³/mol. The number of ether oxygens (including phenoxy) is 1. The van der Waals surface area contributed by atoms with E-state index in [4.69, 9.17) is 9.84 Å². The normalized spacial score (nSPS) is 11.9. The van der Waals surface area contributed by atoms with E-state index in [1.165, 1.54) is 16.4 Å². The summed E-state index contributed by atoms with van der Waals surface area (Å²) in [5.41, 5.74) is 2.30. The van der Waals surface area contributed by atoms with Gasteiger partial charge in [-0.1, -0.05) is 18.2 Å². The molecule has 0 radical (unpaired) electrons. The molecule has 0 spiro atoms. The summed E-state index contributed by atoms with van der Waals surface area (Å²) in [5.74, 6) is -0.410. The van der Waals surface area contributed by atoms with Crippen LogP contribution in [0.1, 0.15) is 31.5 Å². The van der Waals surface area contributed by atoms with Crippen molar-refractivity contribution in [3.8, 4) is 11.4 Å². The third kappa shape index (κ3) is 4.36. The monoisotopic (exact) mass is 467 g/mol. The maximum atomic E-state index is 13.8. The van der Waals surface area contributed by atoms with Crippen LogP contribution in [0.15, 0.2) is 65.8 Å². The molecule has 0 bridgehead atoms. The summed E-state index contributed by atoms with van der Waals surface area (Å²) in [6, 6.07) is 14.5. The number of carboxylic acids is 1. The molecule has 0 atom stereocenters. The van der Waals surface area contributed by atoms with E-state index in [1.807, 2.05) is 44.2 Å². The predicted octanol–water partition coefficient (Wildman–Crippen LogP) is 4.18. The van der Waals surface area contributed by atoms with E-state index >= 15 is 0 Å². The highest BCUT2D eigenvalue weighted by molar-refractivity contribution is 7.90. The lowest BCUT2D eigenvalue weighted by Crippen LogP contribution is -2.13. The van der Waals surface area contributed by atoms with Crippen molar-refractivity contribution >= 4 is 26.9 Å². The Labute approximate surface area is 192 Å². The van der Waals surface area contributed by atoms with E-state index in [0.29, 0.717) is 27.9 Å². The standard InChI is InChI=1S/C24H25N3O5S/c1-16(2)32-20-10-11-21-18(9-12-24(28)29)15-26(22(21)13-20)33(30,31)23-14-25-27(17(23)3)19-7-5-4-6-8-19/h4-8,10-11,13-16H,9,12H2,1-3H3,(H,28,29). The lowest BCUT2D eigenvalue weighted by molar-refractivity contribution is -0.136. The second-order valence-corrected chi connectivity index (χ2v) is 9.82. The van der Waals surface area contributed by atoms with Crippen molar-refractivity contribution in [2.24, 2.45) is 0 Å². The Morgan fingerprint density at radius 1 is 1.15 bits per heavy atom. The third-order valence-corrected chi connectivity index (χ3v) is 7.08. The van der Waals surface area contributed by atoms with Crippen LogP contribution in [-0.2, 0) is 21.2 Å². The summed E-state index contributed by atoms with van der Waals surface area (Å²) in [6.07, 6.45) is 2.87. The zero-order chi connectivity index (χ0) is 23.8. The van der Waals surface area contributed by atoms with Crippen LogP contribution in [0.25, 0.3) is 16.6 Å². The molecule has 0 aliphatic carbocycles. The molecule has 0 aliphatic heterocycles.